The van der Waals surface area contributed by atoms with Gasteiger partial charge in [-0.3, -0.25) is 9.78 Å². The van der Waals surface area contributed by atoms with Crippen LogP contribution in [0.25, 0.3) is 10.9 Å². The summed E-state index contributed by atoms with van der Waals surface area (Å²) in [6, 6.07) is 7.57. The van der Waals surface area contributed by atoms with Gasteiger partial charge >= 0.3 is 0 Å². The molecule has 5 heteroatoms. The fourth-order valence-electron chi connectivity index (χ4n) is 3.07. The van der Waals surface area contributed by atoms with Crippen LogP contribution in [-0.2, 0) is 0 Å². The number of hydrogen-bond donors (Lipinski definition) is 1. The van der Waals surface area contributed by atoms with Gasteiger partial charge in [-0.15, -0.1) is 0 Å². The van der Waals surface area contributed by atoms with Gasteiger partial charge in [-0.25, -0.2) is 0 Å². The number of benzene rings is 1. The Hall–Kier alpha value is -1.98. The number of hydrogen-bond acceptors (Lipinski definition) is 5. The van der Waals surface area contributed by atoms with E-state index in [0.29, 0.717) is 6.42 Å². The highest BCUT2D eigenvalue weighted by molar-refractivity contribution is 6.08. The zero-order chi connectivity index (χ0) is 16.9. The van der Waals surface area contributed by atoms with Gasteiger partial charge in [-0.1, -0.05) is 6.07 Å². The van der Waals surface area contributed by atoms with Crippen molar-refractivity contribution in [1.29, 1.82) is 0 Å². The summed E-state index contributed by atoms with van der Waals surface area (Å²) in [7, 11) is 0. The summed E-state index contributed by atoms with van der Waals surface area (Å²) in [5.74, 6) is 0.905. The number of piperazine rings is 1. The maximum Gasteiger partial charge on any atom is 0.164 e. The van der Waals surface area contributed by atoms with E-state index in [1.165, 1.54) is 0 Å². The Morgan fingerprint density at radius 1 is 1.29 bits per heavy atom. The van der Waals surface area contributed by atoms with Crippen LogP contribution in [0.1, 0.15) is 30.6 Å². The summed E-state index contributed by atoms with van der Waals surface area (Å²) in [4.78, 5) is 19.5. The number of pyridine rings is 1. The molecule has 1 aliphatic heterocycles. The number of fused-ring (bicyclic) bond motifs is 1. The lowest BCUT2D eigenvalue weighted by molar-refractivity contribution is 0.0962. The lowest BCUT2D eigenvalue weighted by Crippen LogP contribution is -2.44. The van der Waals surface area contributed by atoms with Gasteiger partial charge in [0, 0.05) is 56.3 Å². The number of ether oxygens (including phenoxy) is 1. The van der Waals surface area contributed by atoms with Crippen LogP contribution >= 0.6 is 0 Å². The van der Waals surface area contributed by atoms with Gasteiger partial charge in [0.05, 0.1) is 6.10 Å². The van der Waals surface area contributed by atoms with E-state index < -0.39 is 0 Å². The Labute approximate surface area is 143 Å². The largest absolute Gasteiger partial charge is 0.489 e. The fraction of sp³-hybridized carbons (Fsp3) is 0.474. The molecule has 128 valence electrons. The molecule has 1 N–H and O–H groups in total. The molecule has 0 amide bonds. The number of nitrogens with one attached hydrogen (secondary N) is 1. The molecule has 0 spiro atoms. The highest BCUT2D eigenvalue weighted by Gasteiger charge is 2.16. The van der Waals surface area contributed by atoms with Crippen LogP contribution in [0.3, 0.4) is 0 Å². The molecule has 3 rings (SSSR count). The Balaban J connectivity index is 1.79. The van der Waals surface area contributed by atoms with Crippen LogP contribution in [0.15, 0.2) is 30.5 Å². The summed E-state index contributed by atoms with van der Waals surface area (Å²) < 4.78 is 5.83. The molecule has 2 heterocycles. The van der Waals surface area contributed by atoms with Crippen molar-refractivity contribution in [2.75, 3.05) is 32.7 Å². The molecule has 0 radical (unpaired) electrons. The number of rotatable bonds is 6. The summed E-state index contributed by atoms with van der Waals surface area (Å²) in [5, 5.41) is 4.21. The zero-order valence-corrected chi connectivity index (χ0v) is 14.4. The summed E-state index contributed by atoms with van der Waals surface area (Å²) in [5.41, 5.74) is 1.50. The fourth-order valence-corrected chi connectivity index (χ4v) is 3.07. The molecule has 1 aromatic heterocycles. The molecular formula is C19H25N3O2. The van der Waals surface area contributed by atoms with Gasteiger partial charge in [-0.05, 0) is 32.0 Å². The smallest absolute Gasteiger partial charge is 0.164 e. The van der Waals surface area contributed by atoms with Crippen LogP contribution in [-0.4, -0.2) is 54.5 Å². The third-order valence-corrected chi connectivity index (χ3v) is 4.26. The average molecular weight is 327 g/mol. The number of ketones is 1. The van der Waals surface area contributed by atoms with E-state index in [9.17, 15) is 4.79 Å². The topological polar surface area (TPSA) is 54.5 Å². The Bertz CT molecular complexity index is 709. The van der Waals surface area contributed by atoms with Gasteiger partial charge in [0.25, 0.3) is 0 Å². The van der Waals surface area contributed by atoms with Crippen LogP contribution in [0.5, 0.6) is 5.75 Å². The number of Topliss-reactive ketones (excluding diaryl/α,β-unsaturated/α-hetero) is 1. The second kappa shape index (κ2) is 7.73. The van der Waals surface area contributed by atoms with E-state index in [1.807, 2.05) is 38.1 Å². The van der Waals surface area contributed by atoms with Crippen molar-refractivity contribution < 1.29 is 9.53 Å². The molecule has 1 fully saturated rings. The number of aromatic nitrogens is 1. The lowest BCUT2D eigenvalue weighted by atomic mass is 10.0. The number of carbonyl (C=O) groups is 1. The SMILES string of the molecule is CC(C)Oc1ccc(C(=O)CCN2CCNCC2)c2cccnc12. The monoisotopic (exact) mass is 327 g/mol. The maximum atomic E-state index is 12.7. The van der Waals surface area contributed by atoms with Crippen molar-refractivity contribution in [3.63, 3.8) is 0 Å². The maximum absolute atomic E-state index is 12.7. The van der Waals surface area contributed by atoms with Gasteiger partial charge in [0.15, 0.2) is 5.78 Å². The van der Waals surface area contributed by atoms with Gasteiger partial charge in [0.1, 0.15) is 11.3 Å². The molecule has 1 aliphatic rings. The molecule has 5 nitrogen and oxygen atoms in total. The minimum absolute atomic E-state index is 0.0736. The molecule has 0 aliphatic carbocycles. The lowest BCUT2D eigenvalue weighted by Gasteiger charge is -2.26. The van der Waals surface area contributed by atoms with Gasteiger partial charge < -0.3 is 15.0 Å². The average Bonchev–Trinajstić information content (AvgIpc) is 2.60. The van der Waals surface area contributed by atoms with Gasteiger partial charge in [0.2, 0.25) is 0 Å². The van der Waals surface area contributed by atoms with Crippen LogP contribution in [0.2, 0.25) is 0 Å². The first-order valence-electron chi connectivity index (χ1n) is 8.66. The predicted molar refractivity (Wildman–Crippen MR) is 95.8 cm³/mol. The van der Waals surface area contributed by atoms with Crippen molar-refractivity contribution in [1.82, 2.24) is 15.2 Å². The van der Waals surface area contributed by atoms with Crippen molar-refractivity contribution in [2.45, 2.75) is 26.4 Å². The Kier molecular flexibility index (Phi) is 5.43. The highest BCUT2D eigenvalue weighted by atomic mass is 16.5. The van der Waals surface area contributed by atoms with E-state index in [0.717, 1.165) is 54.9 Å². The molecular weight excluding hydrogens is 302 g/mol. The first-order chi connectivity index (χ1) is 11.6. The molecule has 0 atom stereocenters. The summed E-state index contributed by atoms with van der Waals surface area (Å²) >= 11 is 0. The first-order valence-corrected chi connectivity index (χ1v) is 8.66. The van der Waals surface area contributed by atoms with E-state index >= 15 is 0 Å². The van der Waals surface area contributed by atoms with Crippen molar-refractivity contribution in [3.8, 4) is 5.75 Å². The normalized spacial score (nSPS) is 15.8. The van der Waals surface area contributed by atoms with E-state index in [1.54, 1.807) is 6.20 Å². The summed E-state index contributed by atoms with van der Waals surface area (Å²) in [6.07, 6.45) is 2.35. The van der Waals surface area contributed by atoms with Crippen molar-refractivity contribution >= 4 is 16.7 Å². The minimum atomic E-state index is 0.0736. The molecule has 1 aromatic carbocycles. The van der Waals surface area contributed by atoms with E-state index in [4.69, 9.17) is 4.74 Å². The molecule has 0 unspecified atom stereocenters. The van der Waals surface area contributed by atoms with E-state index in [2.05, 4.69) is 15.2 Å². The van der Waals surface area contributed by atoms with Crippen LogP contribution < -0.4 is 10.1 Å². The molecule has 0 saturated carbocycles. The molecule has 24 heavy (non-hydrogen) atoms. The third-order valence-electron chi connectivity index (χ3n) is 4.26. The summed E-state index contributed by atoms with van der Waals surface area (Å²) in [6.45, 7) is 8.81. The predicted octanol–water partition coefficient (Wildman–Crippen LogP) is 2.50. The molecule has 2 aromatic rings. The standard InChI is InChI=1S/C19H25N3O2/c1-14(2)24-18-6-5-15(16-4-3-8-21-19(16)18)17(23)7-11-22-12-9-20-10-13-22/h3-6,8,14,20H,7,9-13H2,1-2H3. The highest BCUT2D eigenvalue weighted by Crippen LogP contribution is 2.28. The van der Waals surface area contributed by atoms with Crippen molar-refractivity contribution in [2.24, 2.45) is 0 Å². The molecule has 1 saturated heterocycles. The first kappa shape index (κ1) is 16.9. The van der Waals surface area contributed by atoms with Gasteiger partial charge in [-0.2, -0.15) is 0 Å². The number of nitrogens with zero attached hydrogens (tertiary/aromatic N) is 2. The quantitative estimate of drug-likeness (QED) is 0.826. The van der Waals surface area contributed by atoms with Crippen LogP contribution in [0, 0.1) is 0 Å². The van der Waals surface area contributed by atoms with Crippen molar-refractivity contribution in [3.05, 3.63) is 36.0 Å². The Morgan fingerprint density at radius 3 is 2.83 bits per heavy atom. The van der Waals surface area contributed by atoms with Crippen LogP contribution in [0.4, 0.5) is 0 Å². The zero-order valence-electron chi connectivity index (χ0n) is 14.4. The third kappa shape index (κ3) is 3.91. The Morgan fingerprint density at radius 2 is 2.08 bits per heavy atom. The minimum Gasteiger partial charge on any atom is -0.489 e. The molecule has 0 bridgehead atoms. The van der Waals surface area contributed by atoms with E-state index in [-0.39, 0.29) is 11.9 Å². The second-order valence-corrected chi connectivity index (χ2v) is 6.44. The second-order valence-electron chi connectivity index (χ2n) is 6.44. The number of carbonyl (C=O) groups excluding carboxylic acids is 1.